The number of ether oxygens (including phenoxy) is 2. The van der Waals surface area contributed by atoms with Gasteiger partial charge in [-0.3, -0.25) is 4.79 Å². The molecule has 0 radical (unpaired) electrons. The van der Waals surface area contributed by atoms with E-state index in [0.29, 0.717) is 38.2 Å². The van der Waals surface area contributed by atoms with Gasteiger partial charge in [0.25, 0.3) is 0 Å². The maximum absolute atomic E-state index is 12.5. The molecule has 4 nitrogen and oxygen atoms in total. The van der Waals surface area contributed by atoms with Crippen molar-refractivity contribution >= 4 is 35.1 Å². The van der Waals surface area contributed by atoms with Gasteiger partial charge in [-0.2, -0.15) is 5.26 Å². The summed E-state index contributed by atoms with van der Waals surface area (Å²) in [6.45, 7) is 1.69. The largest absolute Gasteiger partial charge is 0.478 e. The second-order valence-electron chi connectivity index (χ2n) is 5.09. The number of fused-ring (bicyclic) bond motifs is 1. The van der Waals surface area contributed by atoms with Crippen molar-refractivity contribution in [2.24, 2.45) is 0 Å². The lowest BCUT2D eigenvalue weighted by molar-refractivity contribution is 0.101. The lowest BCUT2D eigenvalue weighted by Crippen LogP contribution is -1.98. The van der Waals surface area contributed by atoms with Crippen molar-refractivity contribution < 1.29 is 14.3 Å². The van der Waals surface area contributed by atoms with E-state index in [1.54, 1.807) is 37.3 Å². The van der Waals surface area contributed by atoms with Crippen LogP contribution in [0, 0.1) is 18.3 Å². The van der Waals surface area contributed by atoms with Crippen LogP contribution in [0.1, 0.15) is 21.5 Å². The molecule has 2 aromatic carbocycles. The first-order valence-electron chi connectivity index (χ1n) is 7.04. The fraction of sp³-hybridized carbons (Fsp3) is 0.111. The van der Waals surface area contributed by atoms with Gasteiger partial charge in [0.2, 0.25) is 5.78 Å². The Hall–Kier alpha value is -2.48. The Labute approximate surface area is 148 Å². The average molecular weight is 360 g/mol. The summed E-state index contributed by atoms with van der Waals surface area (Å²) in [7, 11) is 0. The van der Waals surface area contributed by atoms with E-state index in [0.717, 1.165) is 0 Å². The Balaban J connectivity index is 2.01. The van der Waals surface area contributed by atoms with Gasteiger partial charge in [-0.15, -0.1) is 0 Å². The first-order valence-corrected chi connectivity index (χ1v) is 7.80. The van der Waals surface area contributed by atoms with Gasteiger partial charge in [-0.05, 0) is 37.3 Å². The number of carbonyl (C=O) groups excluding carboxylic acids is 1. The summed E-state index contributed by atoms with van der Waals surface area (Å²) >= 11 is 12.3. The number of ketones is 1. The molecule has 0 aromatic heterocycles. The lowest BCUT2D eigenvalue weighted by Gasteiger charge is -2.08. The molecule has 0 aliphatic carbocycles. The zero-order chi connectivity index (χ0) is 17.3. The SMILES string of the molecule is Cc1c(OCC#N)ccc2c1O/C(=C\c1c(Cl)cccc1Cl)C2=O. The number of Topliss-reactive ketones (excluding diaryl/α,β-unsaturated/α-hetero) is 1. The minimum atomic E-state index is -0.254. The molecular weight excluding hydrogens is 349 g/mol. The average Bonchev–Trinajstić information content (AvgIpc) is 2.88. The van der Waals surface area contributed by atoms with E-state index >= 15 is 0 Å². The number of hydrogen-bond acceptors (Lipinski definition) is 4. The van der Waals surface area contributed by atoms with Crippen molar-refractivity contribution in [1.82, 2.24) is 0 Å². The Morgan fingerprint density at radius 2 is 1.96 bits per heavy atom. The number of carbonyl (C=O) groups is 1. The summed E-state index contributed by atoms with van der Waals surface area (Å²) in [6.07, 6.45) is 1.53. The van der Waals surface area contributed by atoms with Crippen molar-refractivity contribution in [2.45, 2.75) is 6.92 Å². The summed E-state index contributed by atoms with van der Waals surface area (Å²) < 4.78 is 11.0. The molecule has 0 saturated carbocycles. The topological polar surface area (TPSA) is 59.3 Å². The molecule has 120 valence electrons. The maximum Gasteiger partial charge on any atom is 0.231 e. The first-order chi connectivity index (χ1) is 11.5. The van der Waals surface area contributed by atoms with Crippen LogP contribution in [0.5, 0.6) is 11.5 Å². The van der Waals surface area contributed by atoms with Gasteiger partial charge >= 0.3 is 0 Å². The molecule has 0 saturated heterocycles. The number of nitrogens with zero attached hydrogens (tertiary/aromatic N) is 1. The zero-order valence-corrected chi connectivity index (χ0v) is 14.1. The number of rotatable bonds is 3. The van der Waals surface area contributed by atoms with Crippen LogP contribution in [-0.4, -0.2) is 12.4 Å². The minimum absolute atomic E-state index is 0.0779. The summed E-state index contributed by atoms with van der Waals surface area (Å²) in [5.74, 6) is 0.807. The highest BCUT2D eigenvalue weighted by molar-refractivity contribution is 6.37. The van der Waals surface area contributed by atoms with Gasteiger partial charge in [-0.25, -0.2) is 0 Å². The summed E-state index contributed by atoms with van der Waals surface area (Å²) in [4.78, 5) is 12.5. The summed E-state index contributed by atoms with van der Waals surface area (Å²) in [5.41, 5.74) is 1.62. The second kappa shape index (κ2) is 6.56. The van der Waals surface area contributed by atoms with Gasteiger partial charge < -0.3 is 9.47 Å². The predicted molar refractivity (Wildman–Crippen MR) is 91.7 cm³/mol. The number of nitriles is 1. The van der Waals surface area contributed by atoms with Gasteiger partial charge in [0.15, 0.2) is 12.4 Å². The Kier molecular flexibility index (Phi) is 4.48. The van der Waals surface area contributed by atoms with Crippen LogP contribution < -0.4 is 9.47 Å². The van der Waals surface area contributed by atoms with E-state index in [9.17, 15) is 4.79 Å². The van der Waals surface area contributed by atoms with Crippen molar-refractivity contribution in [3.8, 4) is 17.6 Å². The van der Waals surface area contributed by atoms with E-state index in [1.165, 1.54) is 6.08 Å². The Morgan fingerprint density at radius 1 is 1.25 bits per heavy atom. The van der Waals surface area contributed by atoms with Gasteiger partial charge in [0.05, 0.1) is 5.56 Å². The Bertz CT molecular complexity index is 893. The Morgan fingerprint density at radius 3 is 2.62 bits per heavy atom. The highest BCUT2D eigenvalue weighted by Gasteiger charge is 2.30. The molecule has 0 spiro atoms. The normalized spacial score (nSPS) is 14.2. The smallest absolute Gasteiger partial charge is 0.231 e. The van der Waals surface area contributed by atoms with Gasteiger partial charge in [0.1, 0.15) is 17.6 Å². The standard InChI is InChI=1S/C18H11Cl2NO3/c1-10-15(23-8-7-21)6-5-11-17(22)16(24-18(10)11)9-12-13(19)3-2-4-14(12)20/h2-6,9H,8H2,1H3/b16-9-. The molecule has 0 fully saturated rings. The van der Waals surface area contributed by atoms with E-state index in [4.69, 9.17) is 37.9 Å². The molecule has 0 bridgehead atoms. The van der Waals surface area contributed by atoms with Crippen LogP contribution in [0.4, 0.5) is 0 Å². The van der Waals surface area contributed by atoms with Crippen LogP contribution in [-0.2, 0) is 0 Å². The molecule has 3 rings (SSSR count). The van der Waals surface area contributed by atoms with Crippen LogP contribution in [0.3, 0.4) is 0 Å². The maximum atomic E-state index is 12.5. The monoisotopic (exact) mass is 359 g/mol. The van der Waals surface area contributed by atoms with Crippen molar-refractivity contribution in [3.05, 3.63) is 62.8 Å². The molecule has 0 N–H and O–H groups in total. The highest BCUT2D eigenvalue weighted by Crippen LogP contribution is 2.40. The number of halogens is 2. The fourth-order valence-corrected chi connectivity index (χ4v) is 2.92. The van der Waals surface area contributed by atoms with Crippen molar-refractivity contribution in [1.29, 1.82) is 5.26 Å². The number of benzene rings is 2. The molecule has 6 heteroatoms. The van der Waals surface area contributed by atoms with E-state index in [-0.39, 0.29) is 18.1 Å². The molecule has 24 heavy (non-hydrogen) atoms. The first kappa shape index (κ1) is 16.4. The lowest BCUT2D eigenvalue weighted by atomic mass is 10.1. The van der Waals surface area contributed by atoms with Crippen LogP contribution >= 0.6 is 23.2 Å². The molecule has 0 amide bonds. The number of allylic oxidation sites excluding steroid dienone is 1. The third kappa shape index (κ3) is 2.84. The number of hydrogen-bond donors (Lipinski definition) is 0. The molecule has 1 aliphatic heterocycles. The third-order valence-corrected chi connectivity index (χ3v) is 4.26. The van der Waals surface area contributed by atoms with Crippen molar-refractivity contribution in [3.63, 3.8) is 0 Å². The van der Waals surface area contributed by atoms with E-state index in [1.807, 2.05) is 6.07 Å². The fourth-order valence-electron chi connectivity index (χ4n) is 2.41. The third-order valence-electron chi connectivity index (χ3n) is 3.60. The van der Waals surface area contributed by atoms with Gasteiger partial charge in [-0.1, -0.05) is 29.3 Å². The van der Waals surface area contributed by atoms with Crippen LogP contribution in [0.25, 0.3) is 6.08 Å². The van der Waals surface area contributed by atoms with Crippen LogP contribution in [0.15, 0.2) is 36.1 Å². The highest BCUT2D eigenvalue weighted by atomic mass is 35.5. The summed E-state index contributed by atoms with van der Waals surface area (Å²) in [6, 6.07) is 10.3. The molecule has 1 heterocycles. The van der Waals surface area contributed by atoms with E-state index in [2.05, 4.69) is 0 Å². The van der Waals surface area contributed by atoms with Gasteiger partial charge in [0, 0.05) is 21.2 Å². The van der Waals surface area contributed by atoms with Crippen LogP contribution in [0.2, 0.25) is 10.0 Å². The minimum Gasteiger partial charge on any atom is -0.478 e. The molecular formula is C18H11Cl2NO3. The zero-order valence-electron chi connectivity index (χ0n) is 12.6. The summed E-state index contributed by atoms with van der Waals surface area (Å²) in [5, 5.41) is 9.47. The molecule has 2 aromatic rings. The van der Waals surface area contributed by atoms with Crippen molar-refractivity contribution in [2.75, 3.05) is 6.61 Å². The molecule has 0 unspecified atom stereocenters. The second-order valence-corrected chi connectivity index (χ2v) is 5.90. The molecule has 0 atom stereocenters. The molecule has 1 aliphatic rings. The van der Waals surface area contributed by atoms with E-state index < -0.39 is 0 Å². The predicted octanol–water partition coefficient (Wildman–Crippen LogP) is 4.82. The quantitative estimate of drug-likeness (QED) is 0.737.